The summed E-state index contributed by atoms with van der Waals surface area (Å²) in [6.45, 7) is 0. The van der Waals surface area contributed by atoms with Crippen LogP contribution in [0.3, 0.4) is 0 Å². The van der Waals surface area contributed by atoms with E-state index < -0.39 is 10.4 Å². The zero-order valence-electron chi connectivity index (χ0n) is 10.2. The molecule has 2 aromatic carbocycles. The van der Waals surface area contributed by atoms with Gasteiger partial charge in [-0.1, -0.05) is 0 Å². The Morgan fingerprint density at radius 1 is 0.632 bits per heavy atom. The van der Waals surface area contributed by atoms with Gasteiger partial charge in [-0.2, -0.15) is 72.8 Å². The van der Waals surface area contributed by atoms with Gasteiger partial charge in [0.2, 0.25) is 0 Å². The maximum Gasteiger partial charge on any atom is 2.00 e. The van der Waals surface area contributed by atoms with E-state index in [0.717, 1.165) is 0 Å². The maximum atomic E-state index is 8.52. The van der Waals surface area contributed by atoms with E-state index in [9.17, 15) is 0 Å². The summed E-state index contributed by atoms with van der Waals surface area (Å²) >= 11 is 0. The van der Waals surface area contributed by atoms with Crippen molar-refractivity contribution in [2.24, 2.45) is 0 Å². The molecule has 19 heavy (non-hydrogen) atoms. The van der Waals surface area contributed by atoms with Crippen molar-refractivity contribution in [2.45, 2.75) is 0 Å². The summed E-state index contributed by atoms with van der Waals surface area (Å²) in [5.74, 6) is 0. The molecular formula is C12H10O4SZn2. The fourth-order valence-electron chi connectivity index (χ4n) is 0.684. The second-order valence-corrected chi connectivity index (χ2v) is 3.38. The van der Waals surface area contributed by atoms with Gasteiger partial charge in [-0.05, 0) is 0 Å². The third kappa shape index (κ3) is 31.8. The standard InChI is InChI=1S/2C6H5.H2O4S.2Zn/c2*1-2-4-6-5-3-1;1-5(2,3)4;;/h2*1-5H;(H2,1,2,3,4);;/q2*-1;;2*+2/p-2. The molecule has 4 nitrogen and oxygen atoms in total. The Labute approximate surface area is 139 Å². The second kappa shape index (κ2) is 15.6. The first-order valence-electron chi connectivity index (χ1n) is 4.49. The SMILES string of the molecule is O=S(=O)([O-])[O-].[Zn+2].[Zn+2].[c-]1ccccc1.[c-]1ccccc1. The van der Waals surface area contributed by atoms with E-state index in [0.29, 0.717) is 0 Å². The van der Waals surface area contributed by atoms with Crippen LogP contribution in [0.15, 0.2) is 60.7 Å². The van der Waals surface area contributed by atoms with E-state index in [-0.39, 0.29) is 39.0 Å². The van der Waals surface area contributed by atoms with Crippen LogP contribution in [-0.4, -0.2) is 17.5 Å². The quantitative estimate of drug-likeness (QED) is 0.301. The van der Waals surface area contributed by atoms with Crippen molar-refractivity contribution in [1.82, 2.24) is 0 Å². The van der Waals surface area contributed by atoms with Crippen LogP contribution in [0.5, 0.6) is 0 Å². The monoisotopic (exact) mass is 378 g/mol. The van der Waals surface area contributed by atoms with Crippen molar-refractivity contribution in [1.29, 1.82) is 0 Å². The van der Waals surface area contributed by atoms with Crippen LogP contribution in [0.25, 0.3) is 0 Å². The van der Waals surface area contributed by atoms with Gasteiger partial charge in [0.15, 0.2) is 0 Å². The molecule has 0 heterocycles. The van der Waals surface area contributed by atoms with E-state index in [1.54, 1.807) is 0 Å². The first-order valence-corrected chi connectivity index (χ1v) is 5.82. The van der Waals surface area contributed by atoms with E-state index in [4.69, 9.17) is 17.5 Å². The molecule has 0 aliphatic rings. The van der Waals surface area contributed by atoms with Crippen LogP contribution in [0.4, 0.5) is 0 Å². The normalized spacial score (nSPS) is 8.11. The minimum Gasteiger partial charge on any atom is -0.759 e. The summed E-state index contributed by atoms with van der Waals surface area (Å²) in [7, 11) is -5.17. The summed E-state index contributed by atoms with van der Waals surface area (Å²) in [4.78, 5) is 0. The Morgan fingerprint density at radius 3 is 0.895 bits per heavy atom. The minimum absolute atomic E-state index is 0. The molecule has 2 aromatic rings. The molecular weight excluding hydrogens is 371 g/mol. The minimum atomic E-state index is -5.17. The van der Waals surface area contributed by atoms with Crippen molar-refractivity contribution in [3.05, 3.63) is 72.8 Å². The van der Waals surface area contributed by atoms with Crippen molar-refractivity contribution in [3.8, 4) is 0 Å². The number of rotatable bonds is 0. The van der Waals surface area contributed by atoms with Gasteiger partial charge in [-0.25, -0.2) is 0 Å². The maximum absolute atomic E-state index is 8.52. The summed E-state index contributed by atoms with van der Waals surface area (Å²) in [5.41, 5.74) is 0. The molecule has 0 saturated carbocycles. The number of hydrogen-bond acceptors (Lipinski definition) is 4. The molecule has 0 aliphatic heterocycles. The molecule has 0 aromatic heterocycles. The van der Waals surface area contributed by atoms with E-state index in [1.807, 2.05) is 60.7 Å². The van der Waals surface area contributed by atoms with Gasteiger partial charge < -0.3 is 9.11 Å². The van der Waals surface area contributed by atoms with Crippen LogP contribution in [-0.2, 0) is 49.4 Å². The third-order valence-electron chi connectivity index (χ3n) is 1.21. The van der Waals surface area contributed by atoms with Crippen LogP contribution in [0, 0.1) is 12.1 Å². The van der Waals surface area contributed by atoms with Gasteiger partial charge in [0.1, 0.15) is 0 Å². The van der Waals surface area contributed by atoms with Gasteiger partial charge in [0, 0.05) is 10.4 Å². The molecule has 0 bridgehead atoms. The zero-order chi connectivity index (χ0) is 13.0. The largest absolute Gasteiger partial charge is 2.00 e. The van der Waals surface area contributed by atoms with Crippen molar-refractivity contribution < 1.29 is 56.5 Å². The summed E-state index contributed by atoms with van der Waals surface area (Å²) < 4.78 is 34.1. The zero-order valence-corrected chi connectivity index (χ0v) is 17.0. The van der Waals surface area contributed by atoms with Crippen molar-refractivity contribution in [3.63, 3.8) is 0 Å². The molecule has 0 amide bonds. The molecule has 2 rings (SSSR count). The summed E-state index contributed by atoms with van der Waals surface area (Å²) in [6, 6.07) is 25.0. The second-order valence-electron chi connectivity index (χ2n) is 2.56. The third-order valence-corrected chi connectivity index (χ3v) is 1.21. The average molecular weight is 381 g/mol. The molecule has 0 unspecified atom stereocenters. The van der Waals surface area contributed by atoms with Crippen LogP contribution < -0.4 is 0 Å². The molecule has 0 fully saturated rings. The predicted molar refractivity (Wildman–Crippen MR) is 61.0 cm³/mol. The smallest absolute Gasteiger partial charge is 0.759 e. The topological polar surface area (TPSA) is 80.3 Å². The summed E-state index contributed by atoms with van der Waals surface area (Å²) in [5, 5.41) is 0. The van der Waals surface area contributed by atoms with E-state index >= 15 is 0 Å². The Kier molecular flexibility index (Phi) is 19.4. The van der Waals surface area contributed by atoms with E-state index in [2.05, 4.69) is 12.1 Å². The summed E-state index contributed by atoms with van der Waals surface area (Å²) in [6.07, 6.45) is 0. The van der Waals surface area contributed by atoms with Gasteiger partial charge in [-0.15, -0.1) is 0 Å². The van der Waals surface area contributed by atoms with Crippen molar-refractivity contribution in [2.75, 3.05) is 0 Å². The van der Waals surface area contributed by atoms with Crippen LogP contribution >= 0.6 is 0 Å². The average Bonchev–Trinajstić information content (AvgIpc) is 2.32. The molecule has 0 radical (unpaired) electrons. The van der Waals surface area contributed by atoms with E-state index in [1.165, 1.54) is 0 Å². The molecule has 92 valence electrons. The Hall–Kier alpha value is -0.443. The fourth-order valence-corrected chi connectivity index (χ4v) is 0.684. The van der Waals surface area contributed by atoms with Crippen molar-refractivity contribution >= 4 is 10.4 Å². The predicted octanol–water partition coefficient (Wildman–Crippen LogP) is 1.63. The van der Waals surface area contributed by atoms with Gasteiger partial charge in [0.05, 0.1) is 0 Å². The molecule has 0 saturated heterocycles. The number of hydrogen-bond donors (Lipinski definition) is 0. The van der Waals surface area contributed by atoms with Crippen LogP contribution in [0.2, 0.25) is 0 Å². The Morgan fingerprint density at radius 2 is 0.842 bits per heavy atom. The first-order chi connectivity index (χ1) is 8.00. The molecule has 0 spiro atoms. The van der Waals surface area contributed by atoms with Gasteiger partial charge in [-0.3, -0.25) is 8.42 Å². The van der Waals surface area contributed by atoms with Gasteiger partial charge >= 0.3 is 39.0 Å². The molecule has 7 heteroatoms. The fraction of sp³-hybridized carbons (Fsp3) is 0. The van der Waals surface area contributed by atoms with Gasteiger partial charge in [0.25, 0.3) is 0 Å². The molecule has 0 aliphatic carbocycles. The first kappa shape index (κ1) is 23.6. The Bertz CT molecular complexity index is 371. The number of benzene rings is 2. The molecule has 0 atom stereocenters. The molecule has 0 N–H and O–H groups in total. The Balaban J connectivity index is -0.000000193. The van der Waals surface area contributed by atoms with Crippen LogP contribution in [0.1, 0.15) is 0 Å².